The van der Waals surface area contributed by atoms with Crippen molar-refractivity contribution in [1.29, 1.82) is 0 Å². The Kier molecular flexibility index (Phi) is 3.87. The summed E-state index contributed by atoms with van der Waals surface area (Å²) in [4.78, 5) is 2.50. The maximum Gasteiger partial charge on any atom is 0.00933 e. The van der Waals surface area contributed by atoms with Crippen molar-refractivity contribution in [2.24, 2.45) is 0 Å². The number of hydrogen-bond acceptors (Lipinski definition) is 2. The van der Waals surface area contributed by atoms with Crippen molar-refractivity contribution >= 4 is 0 Å². The van der Waals surface area contributed by atoms with Gasteiger partial charge in [-0.05, 0) is 52.9 Å². The van der Waals surface area contributed by atoms with E-state index in [1.807, 2.05) is 7.05 Å². The molecule has 1 rings (SSSR count). The highest BCUT2D eigenvalue weighted by Gasteiger charge is 2.25. The minimum Gasteiger partial charge on any atom is -0.320 e. The standard InChI is InChI=1S/C9H20N2/c1-10-7-3-4-8-11(2)9-5-6-9/h9-10H,3-8H2,1-2H3. The lowest BCUT2D eigenvalue weighted by Gasteiger charge is -2.14. The molecule has 11 heavy (non-hydrogen) atoms. The molecule has 1 aliphatic rings. The molecule has 0 aromatic carbocycles. The van der Waals surface area contributed by atoms with Crippen LogP contribution in [-0.4, -0.2) is 38.1 Å². The lowest BCUT2D eigenvalue weighted by molar-refractivity contribution is 0.316. The van der Waals surface area contributed by atoms with Crippen LogP contribution in [0.4, 0.5) is 0 Å². The van der Waals surface area contributed by atoms with Crippen LogP contribution in [0.3, 0.4) is 0 Å². The van der Waals surface area contributed by atoms with E-state index in [2.05, 4.69) is 17.3 Å². The van der Waals surface area contributed by atoms with Crippen LogP contribution >= 0.6 is 0 Å². The van der Waals surface area contributed by atoms with Crippen molar-refractivity contribution in [2.45, 2.75) is 31.7 Å². The number of nitrogens with zero attached hydrogens (tertiary/aromatic N) is 1. The van der Waals surface area contributed by atoms with E-state index < -0.39 is 0 Å². The highest BCUT2D eigenvalue weighted by atomic mass is 15.1. The summed E-state index contributed by atoms with van der Waals surface area (Å²) in [5.74, 6) is 0. The van der Waals surface area contributed by atoms with Gasteiger partial charge in [-0.15, -0.1) is 0 Å². The lowest BCUT2D eigenvalue weighted by atomic mass is 10.3. The monoisotopic (exact) mass is 156 g/mol. The molecule has 1 aliphatic carbocycles. The van der Waals surface area contributed by atoms with Gasteiger partial charge >= 0.3 is 0 Å². The number of unbranched alkanes of at least 4 members (excludes halogenated alkanes) is 1. The van der Waals surface area contributed by atoms with Gasteiger partial charge in [-0.1, -0.05) is 0 Å². The van der Waals surface area contributed by atoms with Crippen molar-refractivity contribution in [3.05, 3.63) is 0 Å². The summed E-state index contributed by atoms with van der Waals surface area (Å²) in [6.07, 6.45) is 5.52. The van der Waals surface area contributed by atoms with E-state index in [0.29, 0.717) is 0 Å². The average Bonchev–Trinajstić information content (AvgIpc) is 2.79. The lowest BCUT2D eigenvalue weighted by Crippen LogP contribution is -2.22. The Morgan fingerprint density at radius 1 is 1.36 bits per heavy atom. The third-order valence-electron chi connectivity index (χ3n) is 2.36. The first-order valence-corrected chi connectivity index (χ1v) is 4.69. The second kappa shape index (κ2) is 4.73. The third-order valence-corrected chi connectivity index (χ3v) is 2.36. The smallest absolute Gasteiger partial charge is 0.00933 e. The minimum absolute atomic E-state index is 0.935. The van der Waals surface area contributed by atoms with E-state index in [9.17, 15) is 0 Å². The first kappa shape index (κ1) is 9.01. The van der Waals surface area contributed by atoms with E-state index in [0.717, 1.165) is 6.04 Å². The number of hydrogen-bond donors (Lipinski definition) is 1. The Bertz CT molecular complexity index is 99.7. The molecule has 0 radical (unpaired) electrons. The number of nitrogens with one attached hydrogen (secondary N) is 1. The first-order chi connectivity index (χ1) is 5.34. The molecule has 0 bridgehead atoms. The van der Waals surface area contributed by atoms with Crippen LogP contribution in [0.2, 0.25) is 0 Å². The van der Waals surface area contributed by atoms with Crippen LogP contribution in [-0.2, 0) is 0 Å². The summed E-state index contributed by atoms with van der Waals surface area (Å²) in [6, 6.07) is 0.935. The highest BCUT2D eigenvalue weighted by molar-refractivity contribution is 4.82. The van der Waals surface area contributed by atoms with Gasteiger partial charge in [0.15, 0.2) is 0 Å². The normalized spacial score (nSPS) is 17.7. The molecule has 2 nitrogen and oxygen atoms in total. The second-order valence-electron chi connectivity index (χ2n) is 3.52. The molecular weight excluding hydrogens is 136 g/mol. The van der Waals surface area contributed by atoms with E-state index in [-0.39, 0.29) is 0 Å². The van der Waals surface area contributed by atoms with Crippen molar-refractivity contribution in [2.75, 3.05) is 27.2 Å². The summed E-state index contributed by atoms with van der Waals surface area (Å²) in [5.41, 5.74) is 0. The molecule has 1 fully saturated rings. The average molecular weight is 156 g/mol. The molecule has 1 saturated carbocycles. The predicted molar refractivity (Wildman–Crippen MR) is 48.8 cm³/mol. The van der Waals surface area contributed by atoms with Gasteiger partial charge in [-0.2, -0.15) is 0 Å². The van der Waals surface area contributed by atoms with Crippen LogP contribution in [0.1, 0.15) is 25.7 Å². The van der Waals surface area contributed by atoms with E-state index >= 15 is 0 Å². The highest BCUT2D eigenvalue weighted by Crippen LogP contribution is 2.25. The summed E-state index contributed by atoms with van der Waals surface area (Å²) < 4.78 is 0. The zero-order chi connectivity index (χ0) is 8.10. The predicted octanol–water partition coefficient (Wildman–Crippen LogP) is 1.08. The number of rotatable bonds is 6. The molecule has 0 atom stereocenters. The van der Waals surface area contributed by atoms with Crippen molar-refractivity contribution < 1.29 is 0 Å². The molecule has 2 heteroatoms. The Morgan fingerprint density at radius 2 is 2.09 bits per heavy atom. The van der Waals surface area contributed by atoms with Crippen LogP contribution < -0.4 is 5.32 Å². The summed E-state index contributed by atoms with van der Waals surface area (Å²) in [5, 5.41) is 3.17. The maximum absolute atomic E-state index is 3.17. The van der Waals surface area contributed by atoms with Crippen molar-refractivity contribution in [3.8, 4) is 0 Å². The van der Waals surface area contributed by atoms with Crippen LogP contribution in [0.15, 0.2) is 0 Å². The molecule has 0 aliphatic heterocycles. The maximum atomic E-state index is 3.17. The largest absolute Gasteiger partial charge is 0.320 e. The second-order valence-corrected chi connectivity index (χ2v) is 3.52. The molecule has 66 valence electrons. The Balaban J connectivity index is 1.85. The molecule has 0 spiro atoms. The van der Waals surface area contributed by atoms with Gasteiger partial charge in [0, 0.05) is 6.04 Å². The Labute approximate surface area is 70.0 Å². The van der Waals surface area contributed by atoms with Crippen LogP contribution in [0.5, 0.6) is 0 Å². The van der Waals surface area contributed by atoms with Crippen molar-refractivity contribution in [1.82, 2.24) is 10.2 Å². The molecular formula is C9H20N2. The summed E-state index contributed by atoms with van der Waals surface area (Å²) in [7, 11) is 4.27. The van der Waals surface area contributed by atoms with E-state index in [4.69, 9.17) is 0 Å². The molecule has 0 unspecified atom stereocenters. The zero-order valence-corrected chi connectivity index (χ0v) is 7.77. The van der Waals surface area contributed by atoms with Gasteiger partial charge < -0.3 is 10.2 Å². The first-order valence-electron chi connectivity index (χ1n) is 4.69. The van der Waals surface area contributed by atoms with Gasteiger partial charge in [0.2, 0.25) is 0 Å². The van der Waals surface area contributed by atoms with Crippen LogP contribution in [0.25, 0.3) is 0 Å². The van der Waals surface area contributed by atoms with Gasteiger partial charge in [-0.25, -0.2) is 0 Å². The Hall–Kier alpha value is -0.0800. The SMILES string of the molecule is CNCCCCN(C)C1CC1. The van der Waals surface area contributed by atoms with Gasteiger partial charge in [0.25, 0.3) is 0 Å². The van der Waals surface area contributed by atoms with E-state index in [1.54, 1.807) is 0 Å². The summed E-state index contributed by atoms with van der Waals surface area (Å²) >= 11 is 0. The minimum atomic E-state index is 0.935. The fraction of sp³-hybridized carbons (Fsp3) is 1.00. The topological polar surface area (TPSA) is 15.3 Å². The molecule has 0 heterocycles. The van der Waals surface area contributed by atoms with Crippen molar-refractivity contribution in [3.63, 3.8) is 0 Å². The van der Waals surface area contributed by atoms with E-state index in [1.165, 1.54) is 38.8 Å². The van der Waals surface area contributed by atoms with Gasteiger partial charge in [0.05, 0.1) is 0 Å². The fourth-order valence-corrected chi connectivity index (χ4v) is 1.36. The molecule has 0 saturated heterocycles. The van der Waals surface area contributed by atoms with Gasteiger partial charge in [0.1, 0.15) is 0 Å². The van der Waals surface area contributed by atoms with Gasteiger partial charge in [-0.3, -0.25) is 0 Å². The van der Waals surface area contributed by atoms with Crippen LogP contribution in [0, 0.1) is 0 Å². The molecule has 0 amide bonds. The quantitative estimate of drug-likeness (QED) is 0.579. The summed E-state index contributed by atoms with van der Waals surface area (Å²) in [6.45, 7) is 2.45. The Morgan fingerprint density at radius 3 is 2.64 bits per heavy atom. The zero-order valence-electron chi connectivity index (χ0n) is 7.77. The third kappa shape index (κ3) is 3.73. The molecule has 0 aromatic heterocycles. The molecule has 1 N–H and O–H groups in total. The molecule has 0 aromatic rings. The fourth-order valence-electron chi connectivity index (χ4n) is 1.36.